The Morgan fingerprint density at radius 1 is 1.47 bits per heavy atom. The molecule has 19 heavy (non-hydrogen) atoms. The van der Waals surface area contributed by atoms with Crippen LogP contribution in [0.15, 0.2) is 46.8 Å². The molecule has 1 N–H and O–H groups in total. The van der Waals surface area contributed by atoms with Crippen molar-refractivity contribution in [2.45, 2.75) is 6.92 Å². The summed E-state index contributed by atoms with van der Waals surface area (Å²) in [4.78, 5) is 8.88. The standard InChI is InChI=1S/C14H14BrN3S/c1-4-6-10(5-2)8-16-14-13-11(7-12(15)19-13)17-9(3)18-14/h4-7H,1-2,8H2,3H3,(H,16,17,18)/b10-6+. The molecule has 0 aromatic carbocycles. The average molecular weight is 336 g/mol. The van der Waals surface area contributed by atoms with Crippen LogP contribution in [-0.4, -0.2) is 16.5 Å². The van der Waals surface area contributed by atoms with Crippen LogP contribution in [-0.2, 0) is 0 Å². The Morgan fingerprint density at radius 2 is 2.26 bits per heavy atom. The van der Waals surface area contributed by atoms with Gasteiger partial charge in [-0.2, -0.15) is 0 Å². The third-order valence-electron chi connectivity index (χ3n) is 2.51. The van der Waals surface area contributed by atoms with E-state index in [0.717, 1.165) is 31.2 Å². The molecule has 2 aromatic heterocycles. The van der Waals surface area contributed by atoms with Gasteiger partial charge in [0.25, 0.3) is 0 Å². The first-order valence-electron chi connectivity index (χ1n) is 5.75. The van der Waals surface area contributed by atoms with Gasteiger partial charge in [-0.25, -0.2) is 9.97 Å². The van der Waals surface area contributed by atoms with Crippen LogP contribution in [0.2, 0.25) is 0 Å². The second-order valence-corrected chi connectivity index (χ2v) is 6.35. The second-order valence-electron chi connectivity index (χ2n) is 3.92. The van der Waals surface area contributed by atoms with Crippen molar-refractivity contribution in [2.75, 3.05) is 11.9 Å². The van der Waals surface area contributed by atoms with Crippen LogP contribution in [0, 0.1) is 6.92 Å². The molecule has 5 heteroatoms. The van der Waals surface area contributed by atoms with E-state index in [-0.39, 0.29) is 0 Å². The number of hydrogen-bond donors (Lipinski definition) is 1. The molecule has 2 heterocycles. The van der Waals surface area contributed by atoms with Crippen molar-refractivity contribution in [3.05, 3.63) is 52.6 Å². The third-order valence-corrected chi connectivity index (χ3v) is 4.14. The molecular formula is C14H14BrN3S. The van der Waals surface area contributed by atoms with Gasteiger partial charge in [0.05, 0.1) is 14.0 Å². The summed E-state index contributed by atoms with van der Waals surface area (Å²) in [7, 11) is 0. The van der Waals surface area contributed by atoms with Crippen LogP contribution in [0.4, 0.5) is 5.82 Å². The van der Waals surface area contributed by atoms with Crippen molar-refractivity contribution in [3.8, 4) is 0 Å². The summed E-state index contributed by atoms with van der Waals surface area (Å²) in [6, 6.07) is 2.01. The third kappa shape index (κ3) is 3.30. The zero-order valence-electron chi connectivity index (χ0n) is 10.6. The summed E-state index contributed by atoms with van der Waals surface area (Å²) in [6.45, 7) is 10.0. The number of allylic oxidation sites excluding steroid dienone is 2. The van der Waals surface area contributed by atoms with Gasteiger partial charge < -0.3 is 5.32 Å². The molecule has 0 amide bonds. The predicted molar refractivity (Wildman–Crippen MR) is 86.8 cm³/mol. The Morgan fingerprint density at radius 3 is 2.95 bits per heavy atom. The smallest absolute Gasteiger partial charge is 0.148 e. The van der Waals surface area contributed by atoms with Crippen molar-refractivity contribution in [2.24, 2.45) is 0 Å². The molecule has 0 saturated carbocycles. The highest BCUT2D eigenvalue weighted by atomic mass is 79.9. The van der Waals surface area contributed by atoms with Crippen molar-refractivity contribution >= 4 is 43.3 Å². The topological polar surface area (TPSA) is 37.8 Å². The normalized spacial score (nSPS) is 11.6. The van der Waals surface area contributed by atoms with E-state index in [4.69, 9.17) is 0 Å². The predicted octanol–water partition coefficient (Wildman–Crippen LogP) is 4.47. The minimum atomic E-state index is 0.663. The lowest BCUT2D eigenvalue weighted by Gasteiger charge is -2.07. The zero-order valence-corrected chi connectivity index (χ0v) is 13.0. The fraction of sp³-hybridized carbons (Fsp3) is 0.143. The van der Waals surface area contributed by atoms with Gasteiger partial charge in [0.2, 0.25) is 0 Å². The number of aryl methyl sites for hydroxylation is 1. The van der Waals surface area contributed by atoms with Crippen molar-refractivity contribution in [1.82, 2.24) is 9.97 Å². The minimum absolute atomic E-state index is 0.663. The molecule has 0 fully saturated rings. The van der Waals surface area contributed by atoms with Crippen LogP contribution in [0.5, 0.6) is 0 Å². The molecular weight excluding hydrogens is 322 g/mol. The fourth-order valence-electron chi connectivity index (χ4n) is 1.67. The first kappa shape index (κ1) is 14.0. The fourth-order valence-corrected chi connectivity index (χ4v) is 3.16. The van der Waals surface area contributed by atoms with Gasteiger partial charge in [0.15, 0.2) is 0 Å². The molecule has 0 unspecified atom stereocenters. The first-order valence-corrected chi connectivity index (χ1v) is 7.36. The molecule has 0 bridgehead atoms. The number of hydrogen-bond acceptors (Lipinski definition) is 4. The zero-order chi connectivity index (χ0) is 13.8. The highest BCUT2D eigenvalue weighted by molar-refractivity contribution is 9.11. The van der Waals surface area contributed by atoms with Gasteiger partial charge >= 0.3 is 0 Å². The summed E-state index contributed by atoms with van der Waals surface area (Å²) in [6.07, 6.45) is 5.49. The van der Waals surface area contributed by atoms with Gasteiger partial charge in [-0.05, 0) is 34.5 Å². The Kier molecular flexibility index (Phi) is 4.50. The maximum Gasteiger partial charge on any atom is 0.148 e. The molecule has 0 aliphatic rings. The lowest BCUT2D eigenvalue weighted by molar-refractivity contribution is 1.08. The number of thiophene rings is 1. The van der Waals surface area contributed by atoms with Gasteiger partial charge in [-0.15, -0.1) is 11.3 Å². The second kappa shape index (κ2) is 6.12. The van der Waals surface area contributed by atoms with Crippen LogP contribution in [0.25, 0.3) is 10.2 Å². The molecule has 0 atom stereocenters. The van der Waals surface area contributed by atoms with Gasteiger partial charge in [0, 0.05) is 6.54 Å². The number of anilines is 1. The Hall–Kier alpha value is -1.46. The Bertz CT molecular complexity index is 658. The quantitative estimate of drug-likeness (QED) is 0.819. The maximum absolute atomic E-state index is 4.46. The van der Waals surface area contributed by atoms with E-state index in [2.05, 4.69) is 44.4 Å². The van der Waals surface area contributed by atoms with E-state index < -0.39 is 0 Å². The van der Waals surface area contributed by atoms with Gasteiger partial charge in [-0.1, -0.05) is 31.4 Å². The molecule has 0 saturated heterocycles. The van der Waals surface area contributed by atoms with Crippen LogP contribution >= 0.6 is 27.3 Å². The lowest BCUT2D eigenvalue weighted by atomic mass is 10.2. The van der Waals surface area contributed by atoms with E-state index in [1.54, 1.807) is 17.4 Å². The molecule has 0 radical (unpaired) electrons. The highest BCUT2D eigenvalue weighted by Crippen LogP contribution is 2.32. The van der Waals surface area contributed by atoms with E-state index in [1.165, 1.54) is 0 Å². The van der Waals surface area contributed by atoms with E-state index in [0.29, 0.717) is 6.54 Å². The molecule has 2 rings (SSSR count). The van der Waals surface area contributed by atoms with Gasteiger partial charge in [-0.3, -0.25) is 0 Å². The van der Waals surface area contributed by atoms with Crippen LogP contribution < -0.4 is 5.32 Å². The van der Waals surface area contributed by atoms with Crippen LogP contribution in [0.3, 0.4) is 0 Å². The van der Waals surface area contributed by atoms with E-state index in [1.807, 2.05) is 25.1 Å². The van der Waals surface area contributed by atoms with Crippen molar-refractivity contribution in [1.29, 1.82) is 0 Å². The van der Waals surface area contributed by atoms with Crippen molar-refractivity contribution < 1.29 is 0 Å². The van der Waals surface area contributed by atoms with Gasteiger partial charge in [0.1, 0.15) is 11.6 Å². The van der Waals surface area contributed by atoms with Crippen LogP contribution in [0.1, 0.15) is 5.82 Å². The summed E-state index contributed by atoms with van der Waals surface area (Å²) in [5.41, 5.74) is 2.02. The van der Waals surface area contributed by atoms with E-state index in [9.17, 15) is 0 Å². The Balaban J connectivity index is 2.31. The largest absolute Gasteiger partial charge is 0.365 e. The van der Waals surface area contributed by atoms with Crippen molar-refractivity contribution in [3.63, 3.8) is 0 Å². The summed E-state index contributed by atoms with van der Waals surface area (Å²) >= 11 is 5.11. The molecule has 0 aliphatic heterocycles. The molecule has 0 aliphatic carbocycles. The number of aromatic nitrogens is 2. The number of nitrogens with zero attached hydrogens (tertiary/aromatic N) is 2. The molecule has 0 spiro atoms. The summed E-state index contributed by atoms with van der Waals surface area (Å²) < 4.78 is 2.11. The minimum Gasteiger partial charge on any atom is -0.365 e. The number of fused-ring (bicyclic) bond motifs is 1. The first-order chi connectivity index (χ1) is 9.13. The number of halogens is 1. The lowest BCUT2D eigenvalue weighted by Crippen LogP contribution is -2.06. The highest BCUT2D eigenvalue weighted by Gasteiger charge is 2.09. The monoisotopic (exact) mass is 335 g/mol. The summed E-state index contributed by atoms with van der Waals surface area (Å²) in [5.74, 6) is 1.61. The maximum atomic E-state index is 4.46. The summed E-state index contributed by atoms with van der Waals surface area (Å²) in [5, 5.41) is 3.33. The number of rotatable bonds is 5. The molecule has 3 nitrogen and oxygen atoms in total. The molecule has 98 valence electrons. The number of nitrogens with one attached hydrogen (secondary N) is 1. The average Bonchev–Trinajstić information content (AvgIpc) is 2.74. The SMILES string of the molecule is C=C/C=C(\C=C)CNc1nc(C)nc2cc(Br)sc12. The Labute approximate surface area is 124 Å². The molecule has 2 aromatic rings. The van der Waals surface area contributed by atoms with E-state index >= 15 is 0 Å².